The maximum absolute atomic E-state index is 5.48. The zero-order chi connectivity index (χ0) is 10.5. The van der Waals surface area contributed by atoms with E-state index in [1.54, 1.807) is 0 Å². The molecule has 0 aliphatic carbocycles. The fourth-order valence-electron chi connectivity index (χ4n) is 2.07. The Morgan fingerprint density at radius 2 is 2.47 bits per heavy atom. The minimum atomic E-state index is 0.732. The predicted molar refractivity (Wildman–Crippen MR) is 60.8 cm³/mol. The molecule has 0 radical (unpaired) electrons. The molecule has 84 valence electrons. The van der Waals surface area contributed by atoms with Crippen molar-refractivity contribution in [1.29, 1.82) is 0 Å². The Labute approximate surface area is 91.2 Å². The number of rotatable bonds is 5. The van der Waals surface area contributed by atoms with Crippen LogP contribution in [0.1, 0.15) is 30.8 Å². The van der Waals surface area contributed by atoms with Crippen molar-refractivity contribution in [3.05, 3.63) is 23.7 Å². The minimum Gasteiger partial charge on any atom is -0.465 e. The quantitative estimate of drug-likeness (QED) is 0.725. The summed E-state index contributed by atoms with van der Waals surface area (Å²) in [6.07, 6.45) is 3.89. The lowest BCUT2D eigenvalue weighted by Gasteiger charge is -2.09. The molecule has 1 unspecified atom stereocenters. The number of nitrogens with one attached hydrogen (secondary N) is 2. The highest BCUT2D eigenvalue weighted by atomic mass is 16.3. The second kappa shape index (κ2) is 5.33. The molecule has 1 atom stereocenters. The van der Waals surface area contributed by atoms with E-state index in [-0.39, 0.29) is 0 Å². The Morgan fingerprint density at radius 1 is 1.53 bits per heavy atom. The number of hydrogen-bond acceptors (Lipinski definition) is 3. The fraction of sp³-hybridized carbons (Fsp3) is 0.667. The first-order valence-electron chi connectivity index (χ1n) is 5.84. The Kier molecular flexibility index (Phi) is 3.80. The molecule has 2 heterocycles. The zero-order valence-electron chi connectivity index (χ0n) is 9.38. The van der Waals surface area contributed by atoms with E-state index >= 15 is 0 Å². The SMILES string of the molecule is Cc1ccc(CNCCC2CCCN2)o1. The second-order valence-electron chi connectivity index (χ2n) is 4.27. The van der Waals surface area contributed by atoms with Crippen LogP contribution in [-0.2, 0) is 6.54 Å². The standard InChI is InChI=1S/C12H20N2O/c1-10-4-5-12(15-10)9-13-8-6-11-3-2-7-14-11/h4-5,11,13-14H,2-3,6-9H2,1H3. The van der Waals surface area contributed by atoms with Crippen molar-refractivity contribution in [3.63, 3.8) is 0 Å². The molecule has 0 saturated carbocycles. The van der Waals surface area contributed by atoms with E-state index in [2.05, 4.69) is 10.6 Å². The number of furan rings is 1. The van der Waals surface area contributed by atoms with Crippen molar-refractivity contribution in [2.24, 2.45) is 0 Å². The summed E-state index contributed by atoms with van der Waals surface area (Å²) in [7, 11) is 0. The molecule has 2 N–H and O–H groups in total. The fourth-order valence-corrected chi connectivity index (χ4v) is 2.07. The molecule has 0 bridgehead atoms. The van der Waals surface area contributed by atoms with Crippen LogP contribution in [-0.4, -0.2) is 19.1 Å². The first-order valence-corrected chi connectivity index (χ1v) is 5.84. The molecule has 15 heavy (non-hydrogen) atoms. The van der Waals surface area contributed by atoms with Gasteiger partial charge in [-0.1, -0.05) is 0 Å². The van der Waals surface area contributed by atoms with Crippen molar-refractivity contribution in [1.82, 2.24) is 10.6 Å². The lowest BCUT2D eigenvalue weighted by atomic mass is 10.1. The van der Waals surface area contributed by atoms with Gasteiger partial charge in [0, 0.05) is 6.04 Å². The van der Waals surface area contributed by atoms with E-state index in [1.165, 1.54) is 25.8 Å². The Balaban J connectivity index is 1.58. The van der Waals surface area contributed by atoms with E-state index in [0.29, 0.717) is 0 Å². The second-order valence-corrected chi connectivity index (χ2v) is 4.27. The molecule has 1 saturated heterocycles. The van der Waals surface area contributed by atoms with Gasteiger partial charge in [0.2, 0.25) is 0 Å². The van der Waals surface area contributed by atoms with Crippen LogP contribution in [0.15, 0.2) is 16.5 Å². The van der Waals surface area contributed by atoms with Gasteiger partial charge in [0.15, 0.2) is 0 Å². The van der Waals surface area contributed by atoms with Crippen molar-refractivity contribution in [3.8, 4) is 0 Å². The molecule has 3 heteroatoms. The number of aryl methyl sites for hydroxylation is 1. The van der Waals surface area contributed by atoms with Crippen LogP contribution in [0, 0.1) is 6.92 Å². The molecule has 1 fully saturated rings. The van der Waals surface area contributed by atoms with Crippen LogP contribution in [0.2, 0.25) is 0 Å². The summed E-state index contributed by atoms with van der Waals surface area (Å²) in [4.78, 5) is 0. The summed E-state index contributed by atoms with van der Waals surface area (Å²) in [5.41, 5.74) is 0. The van der Waals surface area contributed by atoms with Crippen LogP contribution in [0.5, 0.6) is 0 Å². The molecule has 2 rings (SSSR count). The Bertz CT molecular complexity index is 290. The van der Waals surface area contributed by atoms with Crippen LogP contribution in [0.3, 0.4) is 0 Å². The van der Waals surface area contributed by atoms with Gasteiger partial charge >= 0.3 is 0 Å². The predicted octanol–water partition coefficient (Wildman–Crippen LogP) is 1.82. The molecule has 0 amide bonds. The van der Waals surface area contributed by atoms with Gasteiger partial charge in [-0.3, -0.25) is 0 Å². The maximum Gasteiger partial charge on any atom is 0.117 e. The first-order chi connectivity index (χ1) is 7.34. The van der Waals surface area contributed by atoms with E-state index in [1.807, 2.05) is 19.1 Å². The van der Waals surface area contributed by atoms with Crippen LogP contribution in [0.25, 0.3) is 0 Å². The van der Waals surface area contributed by atoms with Crippen molar-refractivity contribution < 1.29 is 4.42 Å². The summed E-state index contributed by atoms with van der Waals surface area (Å²) in [6, 6.07) is 4.78. The molecule has 0 spiro atoms. The van der Waals surface area contributed by atoms with E-state index in [0.717, 1.165) is 30.7 Å². The van der Waals surface area contributed by atoms with Gasteiger partial charge < -0.3 is 15.1 Å². The summed E-state index contributed by atoms with van der Waals surface area (Å²) < 4.78 is 5.48. The summed E-state index contributed by atoms with van der Waals surface area (Å²) in [5, 5.41) is 6.90. The average Bonchev–Trinajstić information content (AvgIpc) is 2.84. The summed E-state index contributed by atoms with van der Waals surface area (Å²) in [6.45, 7) is 5.09. The maximum atomic E-state index is 5.48. The third kappa shape index (κ3) is 3.36. The molecule has 1 aromatic rings. The van der Waals surface area contributed by atoms with Gasteiger partial charge in [-0.2, -0.15) is 0 Å². The van der Waals surface area contributed by atoms with E-state index in [4.69, 9.17) is 4.42 Å². The summed E-state index contributed by atoms with van der Waals surface area (Å²) >= 11 is 0. The highest BCUT2D eigenvalue weighted by Gasteiger charge is 2.12. The molecular weight excluding hydrogens is 188 g/mol. The van der Waals surface area contributed by atoms with Crippen LogP contribution >= 0.6 is 0 Å². The Hall–Kier alpha value is -0.800. The number of hydrogen-bond donors (Lipinski definition) is 2. The molecular formula is C12H20N2O. The molecule has 1 aliphatic heterocycles. The van der Waals surface area contributed by atoms with Gasteiger partial charge in [-0.15, -0.1) is 0 Å². The van der Waals surface area contributed by atoms with Crippen molar-refractivity contribution in [2.75, 3.05) is 13.1 Å². The van der Waals surface area contributed by atoms with Gasteiger partial charge in [0.1, 0.15) is 11.5 Å². The average molecular weight is 208 g/mol. The molecule has 1 aliphatic rings. The van der Waals surface area contributed by atoms with Crippen LogP contribution in [0.4, 0.5) is 0 Å². The van der Waals surface area contributed by atoms with E-state index in [9.17, 15) is 0 Å². The van der Waals surface area contributed by atoms with Crippen molar-refractivity contribution in [2.45, 2.75) is 38.8 Å². The molecule has 3 nitrogen and oxygen atoms in total. The highest BCUT2D eigenvalue weighted by Crippen LogP contribution is 2.08. The minimum absolute atomic E-state index is 0.732. The lowest BCUT2D eigenvalue weighted by molar-refractivity contribution is 0.450. The largest absolute Gasteiger partial charge is 0.465 e. The lowest BCUT2D eigenvalue weighted by Crippen LogP contribution is -2.26. The van der Waals surface area contributed by atoms with E-state index < -0.39 is 0 Å². The Morgan fingerprint density at radius 3 is 3.13 bits per heavy atom. The molecule has 0 aromatic carbocycles. The molecule has 1 aromatic heterocycles. The van der Waals surface area contributed by atoms with Gasteiger partial charge in [0.25, 0.3) is 0 Å². The highest BCUT2D eigenvalue weighted by molar-refractivity contribution is 5.05. The smallest absolute Gasteiger partial charge is 0.117 e. The van der Waals surface area contributed by atoms with Crippen molar-refractivity contribution >= 4 is 0 Å². The normalized spacial score (nSPS) is 21.0. The first kappa shape index (κ1) is 10.7. The monoisotopic (exact) mass is 208 g/mol. The zero-order valence-corrected chi connectivity index (χ0v) is 9.38. The third-order valence-electron chi connectivity index (χ3n) is 2.93. The third-order valence-corrected chi connectivity index (χ3v) is 2.93. The van der Waals surface area contributed by atoms with Gasteiger partial charge in [-0.25, -0.2) is 0 Å². The summed E-state index contributed by atoms with van der Waals surface area (Å²) in [5.74, 6) is 2.02. The van der Waals surface area contributed by atoms with Gasteiger partial charge in [-0.05, 0) is 51.4 Å². The topological polar surface area (TPSA) is 37.2 Å². The van der Waals surface area contributed by atoms with Crippen LogP contribution < -0.4 is 10.6 Å². The van der Waals surface area contributed by atoms with Gasteiger partial charge in [0.05, 0.1) is 6.54 Å².